The quantitative estimate of drug-likeness (QED) is 0.328. The zero-order valence-corrected chi connectivity index (χ0v) is 13.7. The second-order valence-corrected chi connectivity index (χ2v) is 6.46. The van der Waals surface area contributed by atoms with Gasteiger partial charge in [-0.3, -0.25) is 0 Å². The molecule has 3 aromatic carbocycles. The van der Waals surface area contributed by atoms with Gasteiger partial charge in [-0.15, -0.1) is 0 Å². The normalized spacial score (nSPS) is 11.5. The summed E-state index contributed by atoms with van der Waals surface area (Å²) in [5.41, 5.74) is 4.91. The summed E-state index contributed by atoms with van der Waals surface area (Å²) in [6.07, 6.45) is 2.13. The molecular weight excluding hydrogens is 314 g/mol. The second kappa shape index (κ2) is 5.12. The van der Waals surface area contributed by atoms with Gasteiger partial charge in [0.05, 0.1) is 11.0 Å². The minimum Gasteiger partial charge on any atom is -0.316 e. The largest absolute Gasteiger partial charge is 0.316 e. The number of rotatable bonds is 1. The highest BCUT2D eigenvalue weighted by Crippen LogP contribution is 2.40. The summed E-state index contributed by atoms with van der Waals surface area (Å²) in [7, 11) is 0. The van der Waals surface area contributed by atoms with Gasteiger partial charge < -0.3 is 4.40 Å². The Morgan fingerprint density at radius 1 is 0.708 bits per heavy atom. The summed E-state index contributed by atoms with van der Waals surface area (Å²) in [4.78, 5) is 0. The summed E-state index contributed by atoms with van der Waals surface area (Å²) in [6.45, 7) is 0. The highest BCUT2D eigenvalue weighted by atomic mass is 35.5. The number of hydrogen-bond donors (Lipinski definition) is 0. The fourth-order valence-corrected chi connectivity index (χ4v) is 3.80. The van der Waals surface area contributed by atoms with E-state index in [1.54, 1.807) is 0 Å². The van der Waals surface area contributed by atoms with E-state index in [4.69, 9.17) is 11.6 Å². The van der Waals surface area contributed by atoms with E-state index in [-0.39, 0.29) is 0 Å². The van der Waals surface area contributed by atoms with E-state index >= 15 is 0 Å². The van der Waals surface area contributed by atoms with Crippen molar-refractivity contribution in [1.82, 2.24) is 4.40 Å². The van der Waals surface area contributed by atoms with Gasteiger partial charge in [-0.2, -0.15) is 0 Å². The lowest BCUT2D eigenvalue weighted by Gasteiger charge is -2.05. The highest BCUT2D eigenvalue weighted by Gasteiger charge is 2.15. The van der Waals surface area contributed by atoms with E-state index in [9.17, 15) is 0 Å². The summed E-state index contributed by atoms with van der Waals surface area (Å²) >= 11 is 6.31. The first-order valence-corrected chi connectivity index (χ1v) is 8.37. The predicted molar refractivity (Wildman–Crippen MR) is 103 cm³/mol. The number of pyridine rings is 1. The first kappa shape index (κ1) is 13.6. The van der Waals surface area contributed by atoms with E-state index in [2.05, 4.69) is 83.4 Å². The Morgan fingerprint density at radius 2 is 1.50 bits per heavy atom. The molecule has 0 unspecified atom stereocenters. The molecule has 0 aliphatic carbocycles. The summed E-state index contributed by atoms with van der Waals surface area (Å²) < 4.78 is 2.26. The lowest BCUT2D eigenvalue weighted by molar-refractivity contribution is 1.26. The summed E-state index contributed by atoms with van der Waals surface area (Å²) in [5.74, 6) is 0. The Morgan fingerprint density at radius 3 is 2.38 bits per heavy atom. The van der Waals surface area contributed by atoms with Gasteiger partial charge in [-0.1, -0.05) is 60.1 Å². The van der Waals surface area contributed by atoms with Gasteiger partial charge in [0.25, 0.3) is 0 Å². The lowest BCUT2D eigenvalue weighted by atomic mass is 9.98. The SMILES string of the molecule is Clc1ccc2ccc3c(c(-c4ccccc4)c4ccccn43)c2c1. The van der Waals surface area contributed by atoms with Gasteiger partial charge in [0.15, 0.2) is 0 Å². The third-order valence-electron chi connectivity index (χ3n) is 4.65. The van der Waals surface area contributed by atoms with Crippen LogP contribution in [0.15, 0.2) is 85.1 Å². The van der Waals surface area contributed by atoms with Crippen molar-refractivity contribution < 1.29 is 0 Å². The van der Waals surface area contributed by atoms with E-state index < -0.39 is 0 Å². The maximum atomic E-state index is 6.31. The number of halogens is 1. The standard InChI is InChI=1S/C22H14ClN/c23-17-11-9-15-10-12-20-22(18(15)14-17)21(16-6-2-1-3-7-16)19-8-4-5-13-24(19)20/h1-14H. The van der Waals surface area contributed by atoms with Crippen LogP contribution in [0.25, 0.3) is 38.3 Å². The van der Waals surface area contributed by atoms with E-state index in [1.165, 1.54) is 38.3 Å². The van der Waals surface area contributed by atoms with Crippen molar-refractivity contribution in [2.24, 2.45) is 0 Å². The van der Waals surface area contributed by atoms with Crippen LogP contribution < -0.4 is 0 Å². The fraction of sp³-hybridized carbons (Fsp3) is 0. The number of fused-ring (bicyclic) bond motifs is 5. The molecule has 0 atom stereocenters. The molecular formula is C22H14ClN. The van der Waals surface area contributed by atoms with Gasteiger partial charge >= 0.3 is 0 Å². The minimum absolute atomic E-state index is 0.768. The van der Waals surface area contributed by atoms with Crippen LogP contribution in [-0.4, -0.2) is 4.40 Å². The third kappa shape index (κ3) is 1.88. The zero-order valence-electron chi connectivity index (χ0n) is 12.9. The molecule has 0 radical (unpaired) electrons. The van der Waals surface area contributed by atoms with E-state index in [0.717, 1.165) is 5.02 Å². The molecule has 24 heavy (non-hydrogen) atoms. The molecule has 0 fully saturated rings. The summed E-state index contributed by atoms with van der Waals surface area (Å²) in [5, 5.41) is 4.43. The fourth-order valence-electron chi connectivity index (χ4n) is 3.63. The van der Waals surface area contributed by atoms with Gasteiger partial charge in [0, 0.05) is 22.2 Å². The van der Waals surface area contributed by atoms with Crippen LogP contribution in [0.4, 0.5) is 0 Å². The van der Waals surface area contributed by atoms with Crippen molar-refractivity contribution in [3.63, 3.8) is 0 Å². The second-order valence-electron chi connectivity index (χ2n) is 6.02. The first-order chi connectivity index (χ1) is 11.8. The molecule has 5 aromatic rings. The Kier molecular flexibility index (Phi) is 2.91. The molecule has 2 heteroatoms. The minimum atomic E-state index is 0.768. The molecule has 2 heterocycles. The Hall–Kier alpha value is -2.77. The molecule has 5 rings (SSSR count). The Labute approximate surface area is 144 Å². The maximum Gasteiger partial charge on any atom is 0.0541 e. The number of benzene rings is 3. The van der Waals surface area contributed by atoms with Crippen molar-refractivity contribution in [1.29, 1.82) is 0 Å². The van der Waals surface area contributed by atoms with Crippen LogP contribution in [0, 0.1) is 0 Å². The van der Waals surface area contributed by atoms with Crippen LogP contribution >= 0.6 is 11.6 Å². The highest BCUT2D eigenvalue weighted by molar-refractivity contribution is 6.32. The maximum absolute atomic E-state index is 6.31. The van der Waals surface area contributed by atoms with Gasteiger partial charge in [-0.25, -0.2) is 0 Å². The van der Waals surface area contributed by atoms with Crippen LogP contribution in [0.1, 0.15) is 0 Å². The first-order valence-electron chi connectivity index (χ1n) is 7.99. The summed E-state index contributed by atoms with van der Waals surface area (Å²) in [6, 6.07) is 27.4. The third-order valence-corrected chi connectivity index (χ3v) is 4.88. The Balaban J connectivity index is 2.09. The van der Waals surface area contributed by atoms with E-state index in [1.807, 2.05) is 6.07 Å². The molecule has 1 nitrogen and oxygen atoms in total. The molecule has 2 aromatic heterocycles. The average Bonchev–Trinajstić information content (AvgIpc) is 2.97. The number of nitrogens with zero attached hydrogens (tertiary/aromatic N) is 1. The smallest absolute Gasteiger partial charge is 0.0541 e. The monoisotopic (exact) mass is 327 g/mol. The predicted octanol–water partition coefficient (Wildman–Crippen LogP) is 6.57. The van der Waals surface area contributed by atoms with Crippen molar-refractivity contribution in [3.05, 3.63) is 90.1 Å². The molecule has 0 saturated carbocycles. The molecule has 0 aliphatic heterocycles. The zero-order chi connectivity index (χ0) is 16.1. The van der Waals surface area contributed by atoms with Crippen LogP contribution in [0.5, 0.6) is 0 Å². The van der Waals surface area contributed by atoms with Crippen molar-refractivity contribution in [3.8, 4) is 11.1 Å². The molecule has 0 bridgehead atoms. The molecule has 114 valence electrons. The van der Waals surface area contributed by atoms with Crippen LogP contribution in [-0.2, 0) is 0 Å². The van der Waals surface area contributed by atoms with Crippen LogP contribution in [0.3, 0.4) is 0 Å². The Bertz CT molecular complexity index is 1200. The molecule has 0 aliphatic rings. The number of aromatic nitrogens is 1. The van der Waals surface area contributed by atoms with E-state index in [0.29, 0.717) is 0 Å². The molecule has 0 saturated heterocycles. The lowest BCUT2D eigenvalue weighted by Crippen LogP contribution is -1.81. The van der Waals surface area contributed by atoms with Gasteiger partial charge in [0.1, 0.15) is 0 Å². The van der Waals surface area contributed by atoms with Crippen LogP contribution in [0.2, 0.25) is 5.02 Å². The topological polar surface area (TPSA) is 4.41 Å². The van der Waals surface area contributed by atoms with Gasteiger partial charge in [-0.05, 0) is 46.7 Å². The van der Waals surface area contributed by atoms with Crippen molar-refractivity contribution in [2.45, 2.75) is 0 Å². The average molecular weight is 328 g/mol. The molecule has 0 N–H and O–H groups in total. The number of hydrogen-bond acceptors (Lipinski definition) is 0. The van der Waals surface area contributed by atoms with Crippen molar-refractivity contribution in [2.75, 3.05) is 0 Å². The molecule has 0 spiro atoms. The molecule has 0 amide bonds. The van der Waals surface area contributed by atoms with Crippen molar-refractivity contribution >= 4 is 38.8 Å². The van der Waals surface area contributed by atoms with Gasteiger partial charge in [0.2, 0.25) is 0 Å².